The molecule has 1 radical (unpaired) electrons. The first-order valence-electron chi connectivity index (χ1n) is 3.25. The molecule has 0 bridgehead atoms. The van der Waals surface area contributed by atoms with E-state index in [1.54, 1.807) is 0 Å². The van der Waals surface area contributed by atoms with Crippen LogP contribution in [0.15, 0.2) is 18.2 Å². The molecule has 0 aliphatic heterocycles. The van der Waals surface area contributed by atoms with Crippen LogP contribution in [0.4, 0.5) is 17.6 Å². The Labute approximate surface area is 77.1 Å². The third-order valence-corrected chi connectivity index (χ3v) is 1.43. The topological polar surface area (TPSA) is 0 Å². The number of benzene rings is 1. The molecule has 0 aliphatic carbocycles. The van der Waals surface area contributed by atoms with E-state index >= 15 is 0 Å². The molecule has 0 nitrogen and oxygen atoms in total. The van der Waals surface area contributed by atoms with Crippen molar-refractivity contribution < 1.29 is 17.6 Å². The zero-order chi connectivity index (χ0) is 10.1. The Kier molecular flexibility index (Phi) is 2.81. The summed E-state index contributed by atoms with van der Waals surface area (Å²) in [5, 5.41) is -0.0597. The molecule has 0 aromatic heterocycles. The summed E-state index contributed by atoms with van der Waals surface area (Å²) in [6.45, 7) is 0. The standard InChI is InChI=1S/C8H4ClF4/c9-6-1-5(2-7(10)3-6)4-8(11,12)13/h1-4H. The fourth-order valence-electron chi connectivity index (χ4n) is 0.847. The molecule has 0 atom stereocenters. The van der Waals surface area contributed by atoms with Gasteiger partial charge in [0.1, 0.15) is 5.82 Å². The molecule has 0 saturated carbocycles. The van der Waals surface area contributed by atoms with Gasteiger partial charge in [0, 0.05) is 5.02 Å². The first-order chi connectivity index (χ1) is 5.87. The second kappa shape index (κ2) is 3.54. The molecule has 1 rings (SSSR count). The Bertz CT molecular complexity index is 285. The molecule has 0 saturated heterocycles. The fraction of sp³-hybridized carbons (Fsp3) is 0.125. The number of alkyl halides is 3. The summed E-state index contributed by atoms with van der Waals surface area (Å²) in [4.78, 5) is 0. The summed E-state index contributed by atoms with van der Waals surface area (Å²) in [6.07, 6.45) is -4.47. The third-order valence-electron chi connectivity index (χ3n) is 1.22. The van der Waals surface area contributed by atoms with Crippen molar-refractivity contribution in [3.05, 3.63) is 41.0 Å². The van der Waals surface area contributed by atoms with Crippen molar-refractivity contribution in [2.45, 2.75) is 6.18 Å². The first-order valence-corrected chi connectivity index (χ1v) is 3.63. The highest BCUT2D eigenvalue weighted by Crippen LogP contribution is 2.25. The summed E-state index contributed by atoms with van der Waals surface area (Å²) in [6, 6.07) is 2.74. The second-order valence-electron chi connectivity index (χ2n) is 2.39. The smallest absolute Gasteiger partial charge is 0.207 e. The van der Waals surface area contributed by atoms with Crippen LogP contribution >= 0.6 is 11.6 Å². The van der Waals surface area contributed by atoms with Crippen molar-refractivity contribution in [2.24, 2.45) is 0 Å². The highest BCUT2D eigenvalue weighted by Gasteiger charge is 2.28. The van der Waals surface area contributed by atoms with Gasteiger partial charge in [0.25, 0.3) is 0 Å². The van der Waals surface area contributed by atoms with Crippen molar-refractivity contribution in [1.82, 2.24) is 0 Å². The number of hydrogen-bond acceptors (Lipinski definition) is 0. The van der Waals surface area contributed by atoms with Gasteiger partial charge in [-0.2, -0.15) is 13.2 Å². The Balaban J connectivity index is 2.90. The van der Waals surface area contributed by atoms with Crippen LogP contribution in [0.1, 0.15) is 5.56 Å². The molecule has 5 heteroatoms. The van der Waals surface area contributed by atoms with Crippen LogP contribution in [-0.4, -0.2) is 6.18 Å². The first kappa shape index (κ1) is 10.3. The van der Waals surface area contributed by atoms with E-state index in [4.69, 9.17) is 11.6 Å². The van der Waals surface area contributed by atoms with Gasteiger partial charge in [-0.05, 0) is 23.8 Å². The minimum absolute atomic E-state index is 0.0119. The average molecular weight is 212 g/mol. The van der Waals surface area contributed by atoms with Crippen LogP contribution in [0.3, 0.4) is 0 Å². The van der Waals surface area contributed by atoms with Gasteiger partial charge in [-0.25, -0.2) is 4.39 Å². The van der Waals surface area contributed by atoms with Crippen molar-refractivity contribution in [1.29, 1.82) is 0 Å². The second-order valence-corrected chi connectivity index (χ2v) is 2.83. The Morgan fingerprint density at radius 3 is 2.23 bits per heavy atom. The van der Waals surface area contributed by atoms with Gasteiger partial charge in [-0.15, -0.1) is 0 Å². The Hall–Kier alpha value is -0.770. The van der Waals surface area contributed by atoms with Crippen molar-refractivity contribution in [3.63, 3.8) is 0 Å². The Morgan fingerprint density at radius 1 is 1.15 bits per heavy atom. The molecular weight excluding hydrogens is 208 g/mol. The maximum absolute atomic E-state index is 12.5. The van der Waals surface area contributed by atoms with Crippen molar-refractivity contribution in [3.8, 4) is 0 Å². The predicted molar refractivity (Wildman–Crippen MR) is 40.9 cm³/mol. The third kappa shape index (κ3) is 3.63. The number of hydrogen-bond donors (Lipinski definition) is 0. The highest BCUT2D eigenvalue weighted by molar-refractivity contribution is 6.30. The molecule has 0 aliphatic rings. The van der Waals surface area contributed by atoms with Gasteiger partial charge >= 0.3 is 6.18 Å². The molecular formula is C8H4ClF4. The van der Waals surface area contributed by atoms with E-state index in [2.05, 4.69) is 0 Å². The maximum atomic E-state index is 12.5. The zero-order valence-corrected chi connectivity index (χ0v) is 6.96. The zero-order valence-electron chi connectivity index (χ0n) is 6.20. The highest BCUT2D eigenvalue weighted by atomic mass is 35.5. The lowest BCUT2D eigenvalue weighted by molar-refractivity contribution is -0.0927. The van der Waals surface area contributed by atoms with Crippen LogP contribution < -0.4 is 0 Å². The quantitative estimate of drug-likeness (QED) is 0.623. The number of halogens is 5. The summed E-state index contributed by atoms with van der Waals surface area (Å²) >= 11 is 5.35. The van der Waals surface area contributed by atoms with Crippen LogP contribution in [0.5, 0.6) is 0 Å². The van der Waals surface area contributed by atoms with Crippen LogP contribution in [-0.2, 0) is 0 Å². The lowest BCUT2D eigenvalue weighted by Crippen LogP contribution is -2.08. The van der Waals surface area contributed by atoms with E-state index in [0.29, 0.717) is 0 Å². The maximum Gasteiger partial charge on any atom is 0.396 e. The van der Waals surface area contributed by atoms with Crippen molar-refractivity contribution >= 4 is 11.6 Å². The summed E-state index contributed by atoms with van der Waals surface area (Å²) in [5.74, 6) is -0.789. The molecule has 0 fully saturated rings. The van der Waals surface area contributed by atoms with E-state index in [1.807, 2.05) is 0 Å². The monoisotopic (exact) mass is 211 g/mol. The van der Waals surface area contributed by atoms with Gasteiger partial charge < -0.3 is 0 Å². The molecule has 0 heterocycles. The Morgan fingerprint density at radius 2 is 1.77 bits per heavy atom. The fourth-order valence-corrected chi connectivity index (χ4v) is 1.08. The normalized spacial score (nSPS) is 11.8. The van der Waals surface area contributed by atoms with Crippen LogP contribution in [0.25, 0.3) is 0 Å². The van der Waals surface area contributed by atoms with E-state index in [1.165, 1.54) is 0 Å². The lowest BCUT2D eigenvalue weighted by atomic mass is 10.1. The summed E-state index contributed by atoms with van der Waals surface area (Å²) < 4.78 is 47.9. The van der Waals surface area contributed by atoms with E-state index in [0.717, 1.165) is 18.2 Å². The van der Waals surface area contributed by atoms with E-state index in [9.17, 15) is 17.6 Å². The molecule has 0 unspecified atom stereocenters. The minimum Gasteiger partial charge on any atom is -0.207 e. The van der Waals surface area contributed by atoms with E-state index < -0.39 is 12.0 Å². The largest absolute Gasteiger partial charge is 0.396 e. The molecule has 0 amide bonds. The average Bonchev–Trinajstić information content (AvgIpc) is 1.78. The molecule has 0 N–H and O–H groups in total. The summed E-state index contributed by atoms with van der Waals surface area (Å²) in [5.41, 5.74) is -0.294. The predicted octanol–water partition coefficient (Wildman–Crippen LogP) is 3.59. The van der Waals surface area contributed by atoms with Crippen LogP contribution in [0.2, 0.25) is 5.02 Å². The van der Waals surface area contributed by atoms with Crippen LogP contribution in [0, 0.1) is 12.2 Å². The molecule has 1 aromatic carbocycles. The van der Waals surface area contributed by atoms with Gasteiger partial charge in [0.05, 0.1) is 6.42 Å². The van der Waals surface area contributed by atoms with Gasteiger partial charge in [-0.1, -0.05) is 11.6 Å². The SMILES string of the molecule is Fc1cc(Cl)cc([CH]C(F)(F)F)c1. The van der Waals surface area contributed by atoms with Gasteiger partial charge in [0.2, 0.25) is 0 Å². The molecule has 1 aromatic rings. The number of rotatable bonds is 1. The molecule has 13 heavy (non-hydrogen) atoms. The van der Waals surface area contributed by atoms with E-state index in [-0.39, 0.29) is 17.0 Å². The summed E-state index contributed by atoms with van der Waals surface area (Å²) in [7, 11) is 0. The van der Waals surface area contributed by atoms with Gasteiger partial charge in [0.15, 0.2) is 0 Å². The lowest BCUT2D eigenvalue weighted by Gasteiger charge is -2.05. The minimum atomic E-state index is -4.46. The molecule has 0 spiro atoms. The molecule has 71 valence electrons. The van der Waals surface area contributed by atoms with Gasteiger partial charge in [-0.3, -0.25) is 0 Å². The van der Waals surface area contributed by atoms with Crippen molar-refractivity contribution in [2.75, 3.05) is 0 Å².